The summed E-state index contributed by atoms with van der Waals surface area (Å²) in [6.07, 6.45) is 0. The van der Waals surface area contributed by atoms with E-state index in [1.165, 1.54) is 0 Å². The van der Waals surface area contributed by atoms with Crippen molar-refractivity contribution >= 4 is 49.7 Å². The lowest BCUT2D eigenvalue weighted by Gasteiger charge is -2.18. The van der Waals surface area contributed by atoms with Gasteiger partial charge in [0.2, 0.25) is 0 Å². The molecule has 0 spiro atoms. The minimum absolute atomic E-state index is 0.00512. The Balaban J connectivity index is 1.78. The zero-order valence-corrected chi connectivity index (χ0v) is 18.8. The number of amidine groups is 1. The van der Waals surface area contributed by atoms with E-state index in [-0.39, 0.29) is 5.91 Å². The molecular formula is C23H22BrN3OS. The molecule has 3 aromatic rings. The van der Waals surface area contributed by atoms with Crippen LogP contribution in [0.5, 0.6) is 0 Å². The number of rotatable bonds is 4. The molecule has 148 valence electrons. The summed E-state index contributed by atoms with van der Waals surface area (Å²) < 4.78 is 1.01. The number of aromatic nitrogens is 1. The second-order valence-corrected chi connectivity index (χ2v) is 9.38. The van der Waals surface area contributed by atoms with Crippen molar-refractivity contribution < 1.29 is 4.79 Å². The topological polar surface area (TPSA) is 45.6 Å². The van der Waals surface area contributed by atoms with Crippen LogP contribution in [0.4, 0.5) is 0 Å². The number of para-hydroxylation sites is 1. The molecule has 4 nitrogen and oxygen atoms in total. The molecule has 1 aliphatic heterocycles. The largest absolute Gasteiger partial charge is 0.287 e. The van der Waals surface area contributed by atoms with Crippen molar-refractivity contribution in [3.8, 4) is 11.3 Å². The van der Waals surface area contributed by atoms with Crippen molar-refractivity contribution in [2.75, 3.05) is 18.8 Å². The van der Waals surface area contributed by atoms with Gasteiger partial charge in [0.1, 0.15) is 0 Å². The first-order valence-electron chi connectivity index (χ1n) is 9.68. The van der Waals surface area contributed by atoms with Gasteiger partial charge in [0.25, 0.3) is 5.91 Å². The van der Waals surface area contributed by atoms with Gasteiger partial charge in [-0.1, -0.05) is 71.9 Å². The van der Waals surface area contributed by atoms with Gasteiger partial charge in [-0.05, 0) is 30.2 Å². The van der Waals surface area contributed by atoms with E-state index in [1.807, 2.05) is 59.5 Å². The fraction of sp³-hybridized carbons (Fsp3) is 0.261. The number of hydrogen-bond donors (Lipinski definition) is 0. The molecule has 0 N–H and O–H groups in total. The maximum atomic E-state index is 13.6. The van der Waals surface area contributed by atoms with Crippen molar-refractivity contribution in [2.24, 2.45) is 10.9 Å². The minimum Gasteiger partial charge on any atom is -0.287 e. The molecule has 0 radical (unpaired) electrons. The summed E-state index contributed by atoms with van der Waals surface area (Å²) in [5, 5.41) is 1.70. The highest BCUT2D eigenvalue weighted by Gasteiger charge is 2.28. The van der Waals surface area contributed by atoms with E-state index in [1.54, 1.807) is 11.8 Å². The molecule has 0 saturated carbocycles. The summed E-state index contributed by atoms with van der Waals surface area (Å²) in [5.74, 6) is 1.34. The third kappa shape index (κ3) is 4.38. The van der Waals surface area contributed by atoms with Crippen LogP contribution in [-0.4, -0.2) is 39.8 Å². The number of thioether (sulfide) groups is 1. The first kappa shape index (κ1) is 20.1. The molecule has 0 unspecified atom stereocenters. The van der Waals surface area contributed by atoms with Gasteiger partial charge in [0.05, 0.1) is 16.8 Å². The molecule has 2 aromatic carbocycles. The summed E-state index contributed by atoms with van der Waals surface area (Å²) in [6.45, 7) is 5.69. The SMILES string of the molecule is CC(C)CN=C1SCCN1C(=O)c1cc(-c2ccc(Br)cc2)nc2ccccc12. The highest BCUT2D eigenvalue weighted by molar-refractivity contribution is 9.10. The Morgan fingerprint density at radius 3 is 2.72 bits per heavy atom. The summed E-state index contributed by atoms with van der Waals surface area (Å²) >= 11 is 5.13. The number of halogens is 1. The first-order chi connectivity index (χ1) is 14.0. The average Bonchev–Trinajstić information content (AvgIpc) is 3.20. The van der Waals surface area contributed by atoms with Crippen molar-refractivity contribution in [3.63, 3.8) is 0 Å². The molecule has 29 heavy (non-hydrogen) atoms. The molecular weight excluding hydrogens is 446 g/mol. The van der Waals surface area contributed by atoms with Crippen LogP contribution in [0.25, 0.3) is 22.2 Å². The molecule has 6 heteroatoms. The zero-order valence-electron chi connectivity index (χ0n) is 16.4. The number of aliphatic imine (C=N–C) groups is 1. The Morgan fingerprint density at radius 2 is 1.97 bits per heavy atom. The number of fused-ring (bicyclic) bond motifs is 1. The van der Waals surface area contributed by atoms with Gasteiger partial charge in [-0.25, -0.2) is 4.98 Å². The highest BCUT2D eigenvalue weighted by Crippen LogP contribution is 2.29. The Labute approximate surface area is 183 Å². The quantitative estimate of drug-likeness (QED) is 0.482. The van der Waals surface area contributed by atoms with Crippen molar-refractivity contribution in [2.45, 2.75) is 13.8 Å². The Kier molecular flexibility index (Phi) is 6.01. The normalized spacial score (nSPS) is 15.6. The molecule has 2 heterocycles. The number of amides is 1. The van der Waals surface area contributed by atoms with Crippen LogP contribution in [-0.2, 0) is 0 Å². The monoisotopic (exact) mass is 467 g/mol. The van der Waals surface area contributed by atoms with Crippen molar-refractivity contribution in [1.82, 2.24) is 9.88 Å². The Hall–Kier alpha value is -2.18. The van der Waals surface area contributed by atoms with Gasteiger partial charge in [-0.3, -0.25) is 14.7 Å². The van der Waals surface area contributed by atoms with Gasteiger partial charge in [0, 0.05) is 34.3 Å². The first-order valence-corrected chi connectivity index (χ1v) is 11.5. The van der Waals surface area contributed by atoms with E-state index in [9.17, 15) is 4.79 Å². The van der Waals surface area contributed by atoms with E-state index in [2.05, 4.69) is 34.8 Å². The lowest BCUT2D eigenvalue weighted by molar-refractivity contribution is 0.0861. The summed E-state index contributed by atoms with van der Waals surface area (Å²) in [6, 6.07) is 17.7. The summed E-state index contributed by atoms with van der Waals surface area (Å²) in [4.78, 5) is 24.9. The predicted octanol–water partition coefficient (Wildman–Crippen LogP) is 5.87. The molecule has 1 fully saturated rings. The highest BCUT2D eigenvalue weighted by atomic mass is 79.9. The molecule has 0 aliphatic carbocycles. The fourth-order valence-corrected chi connectivity index (χ4v) is 4.46. The van der Waals surface area contributed by atoms with Crippen LogP contribution >= 0.6 is 27.7 Å². The number of carbonyl (C=O) groups is 1. The number of nitrogens with zero attached hydrogens (tertiary/aromatic N) is 3. The number of benzene rings is 2. The lowest BCUT2D eigenvalue weighted by Crippen LogP contribution is -2.32. The molecule has 4 rings (SSSR count). The zero-order chi connectivity index (χ0) is 20.4. The Morgan fingerprint density at radius 1 is 1.21 bits per heavy atom. The smallest absolute Gasteiger partial charge is 0.260 e. The van der Waals surface area contributed by atoms with Crippen LogP contribution in [0.15, 0.2) is 64.1 Å². The maximum Gasteiger partial charge on any atom is 0.260 e. The number of pyridine rings is 1. The van der Waals surface area contributed by atoms with E-state index in [0.717, 1.165) is 44.1 Å². The third-order valence-corrected chi connectivity index (χ3v) is 6.22. The molecule has 1 amide bonds. The predicted molar refractivity (Wildman–Crippen MR) is 126 cm³/mol. The Bertz CT molecular complexity index is 1080. The standard InChI is InChI=1S/C23H22BrN3OS/c1-15(2)14-25-23-27(11-12-29-23)22(28)19-13-21(16-7-9-17(24)10-8-16)26-20-6-4-3-5-18(19)20/h3-10,13,15H,11-12,14H2,1-2H3. The van der Waals surface area contributed by atoms with Gasteiger partial charge < -0.3 is 0 Å². The fourth-order valence-electron chi connectivity index (χ4n) is 3.25. The second kappa shape index (κ2) is 8.67. The van der Waals surface area contributed by atoms with Gasteiger partial charge in [-0.15, -0.1) is 0 Å². The third-order valence-electron chi connectivity index (χ3n) is 4.70. The van der Waals surface area contributed by atoms with E-state index < -0.39 is 0 Å². The molecule has 0 atom stereocenters. The van der Waals surface area contributed by atoms with Gasteiger partial charge >= 0.3 is 0 Å². The van der Waals surface area contributed by atoms with Crippen LogP contribution in [0.1, 0.15) is 24.2 Å². The molecule has 1 saturated heterocycles. The number of hydrogen-bond acceptors (Lipinski definition) is 4. The maximum absolute atomic E-state index is 13.6. The van der Waals surface area contributed by atoms with E-state index in [4.69, 9.17) is 4.98 Å². The number of carbonyl (C=O) groups excluding carboxylic acids is 1. The second-order valence-electron chi connectivity index (χ2n) is 7.40. The minimum atomic E-state index is -0.00512. The van der Waals surface area contributed by atoms with Crippen molar-refractivity contribution in [1.29, 1.82) is 0 Å². The molecule has 1 aliphatic rings. The van der Waals surface area contributed by atoms with Crippen LogP contribution < -0.4 is 0 Å². The van der Waals surface area contributed by atoms with E-state index in [0.29, 0.717) is 18.0 Å². The van der Waals surface area contributed by atoms with Crippen LogP contribution in [0.2, 0.25) is 0 Å². The van der Waals surface area contributed by atoms with Gasteiger partial charge in [-0.2, -0.15) is 0 Å². The summed E-state index contributed by atoms with van der Waals surface area (Å²) in [5.41, 5.74) is 3.28. The molecule has 1 aromatic heterocycles. The summed E-state index contributed by atoms with van der Waals surface area (Å²) in [7, 11) is 0. The van der Waals surface area contributed by atoms with Gasteiger partial charge in [0.15, 0.2) is 5.17 Å². The van der Waals surface area contributed by atoms with Crippen molar-refractivity contribution in [3.05, 3.63) is 64.6 Å². The lowest BCUT2D eigenvalue weighted by atomic mass is 10.0. The van der Waals surface area contributed by atoms with Crippen LogP contribution in [0.3, 0.4) is 0 Å². The van der Waals surface area contributed by atoms with Crippen LogP contribution in [0, 0.1) is 5.92 Å². The average molecular weight is 468 g/mol. The van der Waals surface area contributed by atoms with E-state index >= 15 is 0 Å². The molecule has 0 bridgehead atoms.